The van der Waals surface area contributed by atoms with Crippen LogP contribution in [0.5, 0.6) is 0 Å². The standard InChI is InChI=1S/C14H21N3O2/c1-2-3-4-7-17-12(18)14(16-13(17)19)8-10-5-6-11(9-14)15-10/h2,10-11,15H,1,3-9H2,(H,16,19). The van der Waals surface area contributed by atoms with Crippen molar-refractivity contribution in [2.75, 3.05) is 6.54 Å². The molecule has 2 N–H and O–H groups in total. The zero-order valence-electron chi connectivity index (χ0n) is 11.2. The number of allylic oxidation sites excluding steroid dienone is 1. The highest BCUT2D eigenvalue weighted by molar-refractivity contribution is 6.07. The molecule has 2 unspecified atom stereocenters. The predicted molar refractivity (Wildman–Crippen MR) is 71.6 cm³/mol. The number of amides is 3. The van der Waals surface area contributed by atoms with E-state index in [1.807, 2.05) is 6.08 Å². The van der Waals surface area contributed by atoms with Gasteiger partial charge in [-0.1, -0.05) is 6.08 Å². The van der Waals surface area contributed by atoms with Gasteiger partial charge in [0.25, 0.3) is 5.91 Å². The zero-order valence-corrected chi connectivity index (χ0v) is 11.2. The molecule has 0 aromatic carbocycles. The van der Waals surface area contributed by atoms with E-state index in [9.17, 15) is 9.59 Å². The molecule has 5 heteroatoms. The van der Waals surface area contributed by atoms with E-state index in [1.54, 1.807) is 0 Å². The first-order chi connectivity index (χ1) is 9.14. The van der Waals surface area contributed by atoms with E-state index in [0.29, 0.717) is 18.6 Å². The van der Waals surface area contributed by atoms with Gasteiger partial charge in [0, 0.05) is 18.6 Å². The van der Waals surface area contributed by atoms with Crippen LogP contribution in [0, 0.1) is 0 Å². The lowest BCUT2D eigenvalue weighted by molar-refractivity contribution is -0.132. The van der Waals surface area contributed by atoms with Gasteiger partial charge in [-0.3, -0.25) is 9.69 Å². The minimum absolute atomic E-state index is 0.0139. The van der Waals surface area contributed by atoms with Crippen LogP contribution in [0.3, 0.4) is 0 Å². The summed E-state index contributed by atoms with van der Waals surface area (Å²) in [5.74, 6) is -0.0139. The molecular formula is C14H21N3O2. The topological polar surface area (TPSA) is 61.4 Å². The Bertz CT molecular complexity index is 409. The molecule has 0 aliphatic carbocycles. The van der Waals surface area contributed by atoms with Gasteiger partial charge in [-0.15, -0.1) is 6.58 Å². The number of rotatable bonds is 4. The smallest absolute Gasteiger partial charge is 0.323 e. The van der Waals surface area contributed by atoms with Crippen LogP contribution in [0.4, 0.5) is 4.79 Å². The molecule has 19 heavy (non-hydrogen) atoms. The predicted octanol–water partition coefficient (Wildman–Crippen LogP) is 1.16. The van der Waals surface area contributed by atoms with E-state index in [4.69, 9.17) is 0 Å². The summed E-state index contributed by atoms with van der Waals surface area (Å²) in [6.45, 7) is 4.16. The Morgan fingerprint density at radius 1 is 1.32 bits per heavy atom. The van der Waals surface area contributed by atoms with E-state index in [-0.39, 0.29) is 11.9 Å². The average molecular weight is 263 g/mol. The molecule has 2 atom stereocenters. The number of unbranched alkanes of at least 4 members (excludes halogenated alkanes) is 1. The van der Waals surface area contributed by atoms with E-state index in [2.05, 4.69) is 17.2 Å². The molecule has 3 rings (SSSR count). The van der Waals surface area contributed by atoms with Crippen molar-refractivity contribution >= 4 is 11.9 Å². The normalized spacial score (nSPS) is 36.9. The number of hydrogen-bond donors (Lipinski definition) is 2. The maximum absolute atomic E-state index is 12.6. The van der Waals surface area contributed by atoms with Gasteiger partial charge in [0.1, 0.15) is 5.54 Å². The van der Waals surface area contributed by atoms with Gasteiger partial charge in [0.15, 0.2) is 0 Å². The number of hydrogen-bond acceptors (Lipinski definition) is 3. The highest BCUT2D eigenvalue weighted by atomic mass is 16.2. The van der Waals surface area contributed by atoms with Gasteiger partial charge in [-0.05, 0) is 38.5 Å². The average Bonchev–Trinajstić information content (AvgIpc) is 2.82. The summed E-state index contributed by atoms with van der Waals surface area (Å²) in [5, 5.41) is 6.48. The number of fused-ring (bicyclic) bond motifs is 2. The van der Waals surface area contributed by atoms with E-state index in [0.717, 1.165) is 38.5 Å². The minimum atomic E-state index is -0.623. The number of carbonyl (C=O) groups excluding carboxylic acids is 2. The van der Waals surface area contributed by atoms with Crippen molar-refractivity contribution in [3.8, 4) is 0 Å². The third kappa shape index (κ3) is 2.06. The number of piperidine rings is 1. The van der Waals surface area contributed by atoms with Crippen LogP contribution in [-0.4, -0.2) is 41.0 Å². The summed E-state index contributed by atoms with van der Waals surface area (Å²) in [6, 6.07) is 0.558. The Morgan fingerprint density at radius 3 is 2.63 bits per heavy atom. The molecule has 3 amide bonds. The van der Waals surface area contributed by atoms with Crippen LogP contribution in [0.15, 0.2) is 12.7 Å². The SMILES string of the molecule is C=CCCCN1C(=O)NC2(CC3CCC(C2)N3)C1=O. The Morgan fingerprint density at radius 2 is 2.00 bits per heavy atom. The van der Waals surface area contributed by atoms with Gasteiger partial charge in [0.05, 0.1) is 0 Å². The summed E-state index contributed by atoms with van der Waals surface area (Å²) >= 11 is 0. The lowest BCUT2D eigenvalue weighted by Gasteiger charge is -2.36. The van der Waals surface area contributed by atoms with Crippen LogP contribution in [0.25, 0.3) is 0 Å². The second kappa shape index (κ2) is 4.63. The molecule has 2 bridgehead atoms. The summed E-state index contributed by atoms with van der Waals surface area (Å²) < 4.78 is 0. The van der Waals surface area contributed by atoms with E-state index < -0.39 is 5.54 Å². The first-order valence-corrected chi connectivity index (χ1v) is 7.16. The molecule has 0 aromatic rings. The first-order valence-electron chi connectivity index (χ1n) is 7.16. The van der Waals surface area contributed by atoms with Gasteiger partial charge >= 0.3 is 6.03 Å². The lowest BCUT2D eigenvalue weighted by Crippen LogP contribution is -2.57. The van der Waals surface area contributed by atoms with Crippen molar-refractivity contribution in [3.63, 3.8) is 0 Å². The molecule has 3 aliphatic heterocycles. The Hall–Kier alpha value is -1.36. The lowest BCUT2D eigenvalue weighted by atomic mass is 9.84. The van der Waals surface area contributed by atoms with Crippen molar-refractivity contribution in [2.24, 2.45) is 0 Å². The first kappa shape index (κ1) is 12.7. The van der Waals surface area contributed by atoms with Crippen molar-refractivity contribution in [1.29, 1.82) is 0 Å². The molecule has 3 saturated heterocycles. The molecular weight excluding hydrogens is 242 g/mol. The summed E-state index contributed by atoms with van der Waals surface area (Å²) in [5.41, 5.74) is -0.623. The second-order valence-corrected chi connectivity index (χ2v) is 5.95. The molecule has 5 nitrogen and oxygen atoms in total. The molecule has 1 spiro atoms. The van der Waals surface area contributed by atoms with Crippen LogP contribution < -0.4 is 10.6 Å². The second-order valence-electron chi connectivity index (χ2n) is 5.95. The van der Waals surface area contributed by atoms with Crippen LogP contribution in [-0.2, 0) is 4.79 Å². The summed E-state index contributed by atoms with van der Waals surface area (Å²) in [6.07, 6.45) is 7.16. The van der Waals surface area contributed by atoms with E-state index in [1.165, 1.54) is 4.90 Å². The molecule has 3 heterocycles. The third-order valence-corrected chi connectivity index (χ3v) is 4.56. The fraction of sp³-hybridized carbons (Fsp3) is 0.714. The van der Waals surface area contributed by atoms with Crippen LogP contribution in [0.2, 0.25) is 0 Å². The van der Waals surface area contributed by atoms with Gasteiger partial charge in [0.2, 0.25) is 0 Å². The number of imide groups is 1. The summed E-state index contributed by atoms with van der Waals surface area (Å²) in [4.78, 5) is 26.0. The molecule has 104 valence electrons. The van der Waals surface area contributed by atoms with Crippen molar-refractivity contribution in [2.45, 2.75) is 56.1 Å². The molecule has 3 aliphatic rings. The number of carbonyl (C=O) groups is 2. The van der Waals surface area contributed by atoms with E-state index >= 15 is 0 Å². The number of nitrogens with zero attached hydrogens (tertiary/aromatic N) is 1. The molecule has 0 aromatic heterocycles. The fourth-order valence-electron chi connectivity index (χ4n) is 3.70. The maximum Gasteiger partial charge on any atom is 0.325 e. The minimum Gasteiger partial charge on any atom is -0.323 e. The third-order valence-electron chi connectivity index (χ3n) is 4.56. The van der Waals surface area contributed by atoms with Gasteiger partial charge in [-0.2, -0.15) is 0 Å². The van der Waals surface area contributed by atoms with Crippen LogP contribution >= 0.6 is 0 Å². The van der Waals surface area contributed by atoms with Crippen molar-refractivity contribution < 1.29 is 9.59 Å². The van der Waals surface area contributed by atoms with Gasteiger partial charge < -0.3 is 10.6 Å². The van der Waals surface area contributed by atoms with Crippen molar-refractivity contribution in [1.82, 2.24) is 15.5 Å². The Kier molecular flexibility index (Phi) is 3.09. The monoisotopic (exact) mass is 263 g/mol. The number of urea groups is 1. The largest absolute Gasteiger partial charge is 0.325 e. The quantitative estimate of drug-likeness (QED) is 0.454. The molecule has 3 fully saturated rings. The highest BCUT2D eigenvalue weighted by Crippen LogP contribution is 2.37. The zero-order chi connectivity index (χ0) is 13.5. The molecule has 0 saturated carbocycles. The highest BCUT2D eigenvalue weighted by Gasteiger charge is 2.56. The Labute approximate surface area is 113 Å². The molecule has 0 radical (unpaired) electrons. The Balaban J connectivity index is 1.72. The number of nitrogens with one attached hydrogen (secondary N) is 2. The fourth-order valence-corrected chi connectivity index (χ4v) is 3.70. The maximum atomic E-state index is 12.6. The van der Waals surface area contributed by atoms with Crippen molar-refractivity contribution in [3.05, 3.63) is 12.7 Å². The van der Waals surface area contributed by atoms with Crippen LogP contribution in [0.1, 0.15) is 38.5 Å². The van der Waals surface area contributed by atoms with Gasteiger partial charge in [-0.25, -0.2) is 4.79 Å². The summed E-state index contributed by atoms with van der Waals surface area (Å²) in [7, 11) is 0.